The standard InChI is InChI=1S/C42H23N3S/c1-2-9-24(10-3-1)26-12-6-13-27(23-26)41-42(44-31-17-5-4-16-30(31)43-41)45-32-20-19-25-11-7-14-28-29-15-8-18-34-37(29)40-35(46-34)22-21-33(45)39(40)38(32)36(25)28/h1-23H. The molecule has 4 heteroatoms. The van der Waals surface area contributed by atoms with E-state index in [2.05, 4.69) is 132 Å². The molecule has 0 amide bonds. The summed E-state index contributed by atoms with van der Waals surface area (Å²) in [6, 6.07) is 50.2. The van der Waals surface area contributed by atoms with Crippen LogP contribution in [-0.2, 0) is 0 Å². The molecule has 0 saturated carbocycles. The van der Waals surface area contributed by atoms with Gasteiger partial charge in [0.05, 0.1) is 22.1 Å². The highest BCUT2D eigenvalue weighted by atomic mass is 32.1. The minimum atomic E-state index is 0.848. The monoisotopic (exact) mass is 601 g/mol. The summed E-state index contributed by atoms with van der Waals surface area (Å²) >= 11 is 1.89. The fraction of sp³-hybridized carbons (Fsp3) is 0. The average molecular weight is 602 g/mol. The zero-order chi connectivity index (χ0) is 29.9. The zero-order valence-electron chi connectivity index (χ0n) is 24.5. The summed E-state index contributed by atoms with van der Waals surface area (Å²) in [5.74, 6) is 0.848. The Morgan fingerprint density at radius 2 is 1.09 bits per heavy atom. The van der Waals surface area contributed by atoms with E-state index in [0.29, 0.717) is 0 Å². The number of benzene rings is 7. The second kappa shape index (κ2) is 8.87. The Kier molecular flexibility index (Phi) is 4.72. The summed E-state index contributed by atoms with van der Waals surface area (Å²) in [6.07, 6.45) is 0. The Hall–Kier alpha value is -5.84. The lowest BCUT2D eigenvalue weighted by atomic mass is 9.95. The summed E-state index contributed by atoms with van der Waals surface area (Å²) in [7, 11) is 0. The van der Waals surface area contributed by atoms with Crippen LogP contribution in [0.4, 0.5) is 0 Å². The zero-order valence-corrected chi connectivity index (χ0v) is 25.3. The molecule has 3 aromatic heterocycles. The molecule has 46 heavy (non-hydrogen) atoms. The Labute approximate surface area is 267 Å². The molecule has 0 unspecified atom stereocenters. The van der Waals surface area contributed by atoms with E-state index in [1.807, 2.05) is 23.5 Å². The largest absolute Gasteiger partial charge is 0.292 e. The van der Waals surface area contributed by atoms with Crippen molar-refractivity contribution in [1.29, 1.82) is 0 Å². The third-order valence-corrected chi connectivity index (χ3v) is 10.8. The highest BCUT2D eigenvalue weighted by molar-refractivity contribution is 7.26. The molecule has 0 bridgehead atoms. The molecule has 0 aliphatic heterocycles. The predicted molar refractivity (Wildman–Crippen MR) is 194 cm³/mol. The van der Waals surface area contributed by atoms with Gasteiger partial charge in [-0.1, -0.05) is 97.1 Å². The lowest BCUT2D eigenvalue weighted by Crippen LogP contribution is -2.04. The van der Waals surface area contributed by atoms with Crippen LogP contribution in [0.1, 0.15) is 0 Å². The second-order valence-electron chi connectivity index (χ2n) is 12.1. The Balaban J connectivity index is 1.33. The highest BCUT2D eigenvalue weighted by Crippen LogP contribution is 2.52. The first-order valence-electron chi connectivity index (χ1n) is 15.6. The quantitative estimate of drug-likeness (QED) is 0.202. The fourth-order valence-electron chi connectivity index (χ4n) is 7.77. The van der Waals surface area contributed by atoms with Crippen LogP contribution >= 0.6 is 11.3 Å². The molecule has 212 valence electrons. The van der Waals surface area contributed by atoms with E-state index in [9.17, 15) is 0 Å². The van der Waals surface area contributed by atoms with Gasteiger partial charge in [-0.15, -0.1) is 11.3 Å². The van der Waals surface area contributed by atoms with Crippen LogP contribution < -0.4 is 0 Å². The normalized spacial score (nSPS) is 12.3. The Morgan fingerprint density at radius 3 is 1.96 bits per heavy atom. The van der Waals surface area contributed by atoms with Crippen molar-refractivity contribution in [2.45, 2.75) is 0 Å². The van der Waals surface area contributed by atoms with Gasteiger partial charge < -0.3 is 0 Å². The van der Waals surface area contributed by atoms with Gasteiger partial charge in [-0.25, -0.2) is 9.97 Å². The van der Waals surface area contributed by atoms with Crippen LogP contribution in [0.5, 0.6) is 0 Å². The van der Waals surface area contributed by atoms with E-state index in [0.717, 1.165) is 44.7 Å². The number of fused-ring (bicyclic) bond motifs is 2. The lowest BCUT2D eigenvalue weighted by molar-refractivity contribution is 1.08. The van der Waals surface area contributed by atoms with Gasteiger partial charge in [0, 0.05) is 36.5 Å². The number of thiophene rings is 1. The van der Waals surface area contributed by atoms with E-state index < -0.39 is 0 Å². The third-order valence-electron chi connectivity index (χ3n) is 9.69. The fourth-order valence-corrected chi connectivity index (χ4v) is 8.91. The molecule has 1 aliphatic rings. The van der Waals surface area contributed by atoms with Crippen LogP contribution in [0.25, 0.3) is 103 Å². The number of rotatable bonds is 3. The molecule has 7 aromatic carbocycles. The Bertz CT molecular complexity index is 2910. The van der Waals surface area contributed by atoms with Gasteiger partial charge in [0.25, 0.3) is 0 Å². The van der Waals surface area contributed by atoms with E-state index in [1.54, 1.807) is 0 Å². The molecular weight excluding hydrogens is 579 g/mol. The lowest BCUT2D eigenvalue weighted by Gasteiger charge is -2.15. The summed E-state index contributed by atoms with van der Waals surface area (Å²) in [4.78, 5) is 10.8. The van der Waals surface area contributed by atoms with Crippen molar-refractivity contribution in [3.8, 4) is 39.3 Å². The predicted octanol–water partition coefficient (Wildman–Crippen LogP) is 11.6. The first-order valence-corrected chi connectivity index (χ1v) is 16.4. The summed E-state index contributed by atoms with van der Waals surface area (Å²) in [5.41, 5.74) is 10.9. The maximum absolute atomic E-state index is 5.42. The van der Waals surface area contributed by atoms with Crippen molar-refractivity contribution in [2.75, 3.05) is 0 Å². The van der Waals surface area contributed by atoms with E-state index in [4.69, 9.17) is 9.97 Å². The first kappa shape index (κ1) is 24.5. The topological polar surface area (TPSA) is 30.7 Å². The number of hydrogen-bond donors (Lipinski definition) is 0. The highest BCUT2D eigenvalue weighted by Gasteiger charge is 2.27. The minimum Gasteiger partial charge on any atom is -0.292 e. The molecule has 10 aromatic rings. The number of para-hydroxylation sites is 2. The molecule has 0 spiro atoms. The van der Waals surface area contributed by atoms with Crippen molar-refractivity contribution in [3.63, 3.8) is 0 Å². The van der Waals surface area contributed by atoms with Crippen molar-refractivity contribution in [1.82, 2.24) is 14.5 Å². The molecule has 0 saturated heterocycles. The minimum absolute atomic E-state index is 0.848. The third kappa shape index (κ3) is 3.16. The summed E-state index contributed by atoms with van der Waals surface area (Å²) in [5, 5.41) is 7.88. The maximum atomic E-state index is 5.42. The van der Waals surface area contributed by atoms with Gasteiger partial charge in [0.2, 0.25) is 0 Å². The van der Waals surface area contributed by atoms with Gasteiger partial charge in [-0.05, 0) is 75.5 Å². The molecule has 3 heterocycles. The van der Waals surface area contributed by atoms with Crippen molar-refractivity contribution < 1.29 is 0 Å². The molecule has 11 rings (SSSR count). The van der Waals surface area contributed by atoms with Gasteiger partial charge in [0.1, 0.15) is 5.69 Å². The van der Waals surface area contributed by atoms with Gasteiger partial charge in [0.15, 0.2) is 5.82 Å². The summed E-state index contributed by atoms with van der Waals surface area (Å²) < 4.78 is 5.02. The number of aromatic nitrogens is 3. The van der Waals surface area contributed by atoms with E-state index in [1.165, 1.54) is 58.4 Å². The Morgan fingerprint density at radius 1 is 0.435 bits per heavy atom. The van der Waals surface area contributed by atoms with Crippen LogP contribution in [0, 0.1) is 0 Å². The average Bonchev–Trinajstić information content (AvgIpc) is 3.63. The van der Waals surface area contributed by atoms with Crippen LogP contribution in [0.2, 0.25) is 0 Å². The number of nitrogens with zero attached hydrogens (tertiary/aromatic N) is 3. The molecule has 0 radical (unpaired) electrons. The van der Waals surface area contributed by atoms with Crippen molar-refractivity contribution >= 4 is 75.1 Å². The molecule has 0 fully saturated rings. The van der Waals surface area contributed by atoms with Gasteiger partial charge in [-0.3, -0.25) is 4.57 Å². The van der Waals surface area contributed by atoms with Crippen LogP contribution in [0.3, 0.4) is 0 Å². The molecular formula is C42H23N3S. The number of hydrogen-bond acceptors (Lipinski definition) is 3. The molecule has 0 atom stereocenters. The first-order chi connectivity index (χ1) is 22.8. The van der Waals surface area contributed by atoms with Crippen LogP contribution in [-0.4, -0.2) is 14.5 Å². The second-order valence-corrected chi connectivity index (χ2v) is 13.2. The van der Waals surface area contributed by atoms with Gasteiger partial charge in [-0.2, -0.15) is 0 Å². The van der Waals surface area contributed by atoms with Crippen molar-refractivity contribution in [2.24, 2.45) is 0 Å². The molecule has 0 N–H and O–H groups in total. The SMILES string of the molecule is c1ccc(-c2cccc(-c3nc4ccccc4nc3-n3c4ccc5cccc6c5c4c4c5c(ccc43)sc3cccc-6c35)c2)cc1. The summed E-state index contributed by atoms with van der Waals surface area (Å²) in [6.45, 7) is 0. The maximum Gasteiger partial charge on any atom is 0.165 e. The van der Waals surface area contributed by atoms with E-state index in [-0.39, 0.29) is 0 Å². The van der Waals surface area contributed by atoms with Crippen molar-refractivity contribution in [3.05, 3.63) is 140 Å². The molecule has 3 nitrogen and oxygen atoms in total. The van der Waals surface area contributed by atoms with E-state index >= 15 is 0 Å². The van der Waals surface area contributed by atoms with Gasteiger partial charge >= 0.3 is 0 Å². The van der Waals surface area contributed by atoms with Crippen LogP contribution in [0.15, 0.2) is 140 Å². The molecule has 1 aliphatic carbocycles. The smallest absolute Gasteiger partial charge is 0.165 e.